The highest BCUT2D eigenvalue weighted by Crippen LogP contribution is 2.21. The molecule has 0 aliphatic carbocycles. The van der Waals surface area contributed by atoms with Gasteiger partial charge in [-0.1, -0.05) is 6.92 Å². The Labute approximate surface area is 111 Å². The highest BCUT2D eigenvalue weighted by molar-refractivity contribution is 5.88. The molecule has 0 saturated carbocycles. The number of amides is 2. The number of hydrogen-bond donors (Lipinski definition) is 2. The van der Waals surface area contributed by atoms with Gasteiger partial charge in [-0.15, -0.1) is 0 Å². The van der Waals surface area contributed by atoms with Crippen LogP contribution in [0.2, 0.25) is 0 Å². The maximum absolute atomic E-state index is 11.9. The fourth-order valence-electron chi connectivity index (χ4n) is 2.29. The Morgan fingerprint density at radius 2 is 2.21 bits per heavy atom. The van der Waals surface area contributed by atoms with Crippen LogP contribution in [-0.4, -0.2) is 44.9 Å². The summed E-state index contributed by atoms with van der Waals surface area (Å²) in [6, 6.07) is -0.146. The van der Waals surface area contributed by atoms with Crippen molar-refractivity contribution in [2.75, 3.05) is 13.1 Å². The van der Waals surface area contributed by atoms with Crippen molar-refractivity contribution in [2.45, 2.75) is 26.3 Å². The molecule has 1 aliphatic rings. The molecule has 2 N–H and O–H groups in total. The average molecular weight is 266 g/mol. The summed E-state index contributed by atoms with van der Waals surface area (Å²) in [5.74, 6) is -1.01. The Morgan fingerprint density at radius 3 is 2.84 bits per heavy atom. The molecule has 0 aromatic carbocycles. The molecule has 1 aromatic heterocycles. The van der Waals surface area contributed by atoms with Crippen LogP contribution >= 0.6 is 0 Å². The molecule has 104 valence electrons. The zero-order valence-electron chi connectivity index (χ0n) is 11.1. The lowest BCUT2D eigenvalue weighted by Gasteiger charge is -2.26. The zero-order valence-corrected chi connectivity index (χ0v) is 11.1. The standard InChI is InChI=1S/C12H18N4O3/c1-3-5-13-12(19)16-6-4-9-8(7-16)10(11(17)18)15(2)14-9/h3-7H2,1-2H3,(H,13,19)(H,17,18). The second kappa shape index (κ2) is 5.29. The minimum Gasteiger partial charge on any atom is -0.477 e. The Kier molecular flexibility index (Phi) is 3.73. The van der Waals surface area contributed by atoms with E-state index in [1.165, 1.54) is 4.68 Å². The van der Waals surface area contributed by atoms with Crippen LogP contribution in [0.15, 0.2) is 0 Å². The Balaban J connectivity index is 2.18. The first-order valence-corrected chi connectivity index (χ1v) is 6.35. The number of nitrogens with one attached hydrogen (secondary N) is 1. The summed E-state index contributed by atoms with van der Waals surface area (Å²) in [6.45, 7) is 3.48. The molecular weight excluding hydrogens is 248 g/mol. The van der Waals surface area contributed by atoms with Gasteiger partial charge in [0, 0.05) is 32.1 Å². The lowest BCUT2D eigenvalue weighted by molar-refractivity contribution is 0.0682. The molecule has 0 spiro atoms. The highest BCUT2D eigenvalue weighted by Gasteiger charge is 2.28. The number of fused-ring (bicyclic) bond motifs is 1. The number of carbonyl (C=O) groups excluding carboxylic acids is 1. The number of hydrogen-bond acceptors (Lipinski definition) is 3. The van der Waals surface area contributed by atoms with Gasteiger partial charge in [0.15, 0.2) is 5.69 Å². The van der Waals surface area contributed by atoms with Crippen LogP contribution < -0.4 is 5.32 Å². The molecule has 0 fully saturated rings. The molecule has 1 aromatic rings. The third kappa shape index (κ3) is 2.54. The van der Waals surface area contributed by atoms with Crippen molar-refractivity contribution in [3.8, 4) is 0 Å². The third-order valence-electron chi connectivity index (χ3n) is 3.21. The molecule has 2 amide bonds. The summed E-state index contributed by atoms with van der Waals surface area (Å²) in [6.07, 6.45) is 1.47. The van der Waals surface area contributed by atoms with Gasteiger partial charge in [-0.05, 0) is 6.42 Å². The van der Waals surface area contributed by atoms with E-state index in [2.05, 4.69) is 10.4 Å². The molecule has 2 heterocycles. The number of rotatable bonds is 3. The van der Waals surface area contributed by atoms with E-state index in [1.807, 2.05) is 6.92 Å². The lowest BCUT2D eigenvalue weighted by Crippen LogP contribution is -2.43. The van der Waals surface area contributed by atoms with Crippen molar-refractivity contribution in [2.24, 2.45) is 7.05 Å². The largest absolute Gasteiger partial charge is 0.477 e. The van der Waals surface area contributed by atoms with Crippen LogP contribution in [-0.2, 0) is 20.0 Å². The summed E-state index contributed by atoms with van der Waals surface area (Å²) in [4.78, 5) is 24.7. The van der Waals surface area contributed by atoms with E-state index >= 15 is 0 Å². The maximum atomic E-state index is 11.9. The molecule has 0 saturated heterocycles. The number of urea groups is 1. The summed E-state index contributed by atoms with van der Waals surface area (Å²) in [5, 5.41) is 16.2. The van der Waals surface area contributed by atoms with E-state index in [0.29, 0.717) is 31.6 Å². The Hall–Kier alpha value is -2.05. The molecule has 1 aliphatic heterocycles. The minimum atomic E-state index is -1.01. The highest BCUT2D eigenvalue weighted by atomic mass is 16.4. The van der Waals surface area contributed by atoms with Gasteiger partial charge in [0.1, 0.15) is 0 Å². The number of aryl methyl sites for hydroxylation is 1. The van der Waals surface area contributed by atoms with Gasteiger partial charge < -0.3 is 15.3 Å². The smallest absolute Gasteiger partial charge is 0.354 e. The van der Waals surface area contributed by atoms with Gasteiger partial charge in [0.25, 0.3) is 0 Å². The number of carboxylic acid groups (broad SMARTS) is 1. The zero-order chi connectivity index (χ0) is 14.0. The Morgan fingerprint density at radius 1 is 1.47 bits per heavy atom. The van der Waals surface area contributed by atoms with E-state index < -0.39 is 5.97 Å². The second-order valence-electron chi connectivity index (χ2n) is 4.61. The second-order valence-corrected chi connectivity index (χ2v) is 4.61. The van der Waals surface area contributed by atoms with Gasteiger partial charge in [-0.2, -0.15) is 5.10 Å². The molecule has 0 unspecified atom stereocenters. The van der Waals surface area contributed by atoms with Crippen LogP contribution in [0.4, 0.5) is 4.79 Å². The summed E-state index contributed by atoms with van der Waals surface area (Å²) in [7, 11) is 1.61. The first kappa shape index (κ1) is 13.4. The summed E-state index contributed by atoms with van der Waals surface area (Å²) < 4.78 is 1.38. The predicted molar refractivity (Wildman–Crippen MR) is 68.0 cm³/mol. The van der Waals surface area contributed by atoms with Crippen molar-refractivity contribution < 1.29 is 14.7 Å². The predicted octanol–water partition coefficient (Wildman–Crippen LogP) is 0.596. The average Bonchev–Trinajstić information content (AvgIpc) is 2.70. The molecule has 7 nitrogen and oxygen atoms in total. The Bertz CT molecular complexity index is 509. The van der Waals surface area contributed by atoms with E-state index in [9.17, 15) is 14.7 Å². The molecule has 7 heteroatoms. The fraction of sp³-hybridized carbons (Fsp3) is 0.583. The van der Waals surface area contributed by atoms with E-state index in [1.54, 1.807) is 11.9 Å². The minimum absolute atomic E-state index is 0.146. The van der Waals surface area contributed by atoms with Crippen LogP contribution in [0.1, 0.15) is 35.1 Å². The number of aromatic carboxylic acids is 1. The van der Waals surface area contributed by atoms with Gasteiger partial charge in [-0.25, -0.2) is 9.59 Å². The number of carboxylic acids is 1. The molecule has 2 rings (SSSR count). The van der Waals surface area contributed by atoms with E-state index in [4.69, 9.17) is 0 Å². The first-order chi connectivity index (χ1) is 9.04. The SMILES string of the molecule is CCCNC(=O)N1CCc2nn(C)c(C(=O)O)c2C1. The molecule has 0 bridgehead atoms. The molecule has 0 radical (unpaired) electrons. The van der Waals surface area contributed by atoms with Crippen LogP contribution in [0.25, 0.3) is 0 Å². The quantitative estimate of drug-likeness (QED) is 0.838. The summed E-state index contributed by atoms with van der Waals surface area (Å²) in [5.41, 5.74) is 1.59. The van der Waals surface area contributed by atoms with Crippen molar-refractivity contribution in [1.29, 1.82) is 0 Å². The van der Waals surface area contributed by atoms with Crippen molar-refractivity contribution >= 4 is 12.0 Å². The maximum Gasteiger partial charge on any atom is 0.354 e. The van der Waals surface area contributed by atoms with Crippen molar-refractivity contribution in [3.63, 3.8) is 0 Å². The fourth-order valence-corrected chi connectivity index (χ4v) is 2.29. The molecule has 0 atom stereocenters. The van der Waals surface area contributed by atoms with E-state index in [-0.39, 0.29) is 11.7 Å². The number of aromatic nitrogens is 2. The lowest BCUT2D eigenvalue weighted by atomic mass is 10.1. The van der Waals surface area contributed by atoms with Crippen molar-refractivity contribution in [3.05, 3.63) is 17.0 Å². The summed E-state index contributed by atoms with van der Waals surface area (Å²) >= 11 is 0. The normalized spacial score (nSPS) is 14.1. The molecule has 19 heavy (non-hydrogen) atoms. The number of nitrogens with zero attached hydrogens (tertiary/aromatic N) is 3. The van der Waals surface area contributed by atoms with E-state index in [0.717, 1.165) is 12.1 Å². The first-order valence-electron chi connectivity index (χ1n) is 6.35. The topological polar surface area (TPSA) is 87.5 Å². The van der Waals surface area contributed by atoms with Crippen LogP contribution in [0.5, 0.6) is 0 Å². The van der Waals surface area contributed by atoms with Crippen molar-refractivity contribution in [1.82, 2.24) is 20.0 Å². The molecular formula is C12H18N4O3. The van der Waals surface area contributed by atoms with Gasteiger partial charge in [0.2, 0.25) is 0 Å². The third-order valence-corrected chi connectivity index (χ3v) is 3.21. The van der Waals surface area contributed by atoms with Gasteiger partial charge >= 0.3 is 12.0 Å². The number of carbonyl (C=O) groups is 2. The monoisotopic (exact) mass is 266 g/mol. The van der Waals surface area contributed by atoms with Gasteiger partial charge in [-0.3, -0.25) is 4.68 Å². The van der Waals surface area contributed by atoms with Crippen LogP contribution in [0.3, 0.4) is 0 Å². The van der Waals surface area contributed by atoms with Crippen LogP contribution in [0, 0.1) is 0 Å². The van der Waals surface area contributed by atoms with Gasteiger partial charge in [0.05, 0.1) is 12.2 Å².